The fourth-order valence-electron chi connectivity index (χ4n) is 2.93. The van der Waals surface area contributed by atoms with Crippen molar-refractivity contribution in [3.05, 3.63) is 23.7 Å². The lowest BCUT2D eigenvalue weighted by molar-refractivity contribution is -0.0543. The molecule has 1 aliphatic carbocycles. The van der Waals surface area contributed by atoms with E-state index in [9.17, 15) is 8.78 Å². The summed E-state index contributed by atoms with van der Waals surface area (Å²) >= 11 is 0. The highest BCUT2D eigenvalue weighted by molar-refractivity contribution is 5.21. The Bertz CT molecular complexity index is 389. The Morgan fingerprint density at radius 3 is 3.00 bits per heavy atom. The predicted molar refractivity (Wildman–Crippen MR) is 66.5 cm³/mol. The predicted octanol–water partition coefficient (Wildman–Crippen LogP) is 4.06. The SMILES string of the molecule is CCc1occc1C(N)CC1CCCC(F)(F)C1. The number of hydrogen-bond donors (Lipinski definition) is 1. The van der Waals surface area contributed by atoms with Crippen LogP contribution in [0.5, 0.6) is 0 Å². The quantitative estimate of drug-likeness (QED) is 0.883. The molecule has 2 unspecified atom stereocenters. The highest BCUT2D eigenvalue weighted by Gasteiger charge is 2.36. The third kappa shape index (κ3) is 3.10. The van der Waals surface area contributed by atoms with Gasteiger partial charge in [0.05, 0.1) is 6.26 Å². The van der Waals surface area contributed by atoms with Gasteiger partial charge in [-0.2, -0.15) is 0 Å². The summed E-state index contributed by atoms with van der Waals surface area (Å²) in [4.78, 5) is 0. The van der Waals surface area contributed by atoms with E-state index in [0.29, 0.717) is 12.8 Å². The Morgan fingerprint density at radius 1 is 1.56 bits per heavy atom. The Morgan fingerprint density at radius 2 is 2.33 bits per heavy atom. The van der Waals surface area contributed by atoms with Crippen molar-refractivity contribution >= 4 is 0 Å². The van der Waals surface area contributed by atoms with Crippen LogP contribution in [0.15, 0.2) is 16.7 Å². The van der Waals surface area contributed by atoms with E-state index in [2.05, 4.69) is 0 Å². The van der Waals surface area contributed by atoms with E-state index in [1.807, 2.05) is 13.0 Å². The minimum Gasteiger partial charge on any atom is -0.469 e. The van der Waals surface area contributed by atoms with Gasteiger partial charge in [0.2, 0.25) is 5.92 Å². The fourth-order valence-corrected chi connectivity index (χ4v) is 2.93. The fraction of sp³-hybridized carbons (Fsp3) is 0.714. The molecule has 18 heavy (non-hydrogen) atoms. The summed E-state index contributed by atoms with van der Waals surface area (Å²) in [6.45, 7) is 2.00. The third-order valence-electron chi connectivity index (χ3n) is 3.83. The second-order valence-corrected chi connectivity index (χ2v) is 5.31. The average Bonchev–Trinajstić information content (AvgIpc) is 2.75. The molecule has 1 aliphatic rings. The van der Waals surface area contributed by atoms with Gasteiger partial charge in [-0.15, -0.1) is 0 Å². The van der Waals surface area contributed by atoms with E-state index >= 15 is 0 Å². The van der Waals surface area contributed by atoms with Crippen molar-refractivity contribution in [2.75, 3.05) is 0 Å². The molecule has 0 radical (unpaired) electrons. The number of halogens is 2. The normalized spacial score (nSPS) is 25.0. The van der Waals surface area contributed by atoms with E-state index in [1.54, 1.807) is 6.26 Å². The Labute approximate surface area is 107 Å². The maximum atomic E-state index is 13.3. The van der Waals surface area contributed by atoms with Crippen LogP contribution in [0.2, 0.25) is 0 Å². The lowest BCUT2D eigenvalue weighted by Gasteiger charge is -2.30. The Hall–Kier alpha value is -0.900. The molecule has 1 heterocycles. The molecular formula is C14H21F2NO. The molecule has 1 aromatic rings. The van der Waals surface area contributed by atoms with Crippen LogP contribution in [0.4, 0.5) is 8.78 Å². The van der Waals surface area contributed by atoms with Crippen LogP contribution in [-0.4, -0.2) is 5.92 Å². The molecule has 0 amide bonds. The second kappa shape index (κ2) is 5.39. The van der Waals surface area contributed by atoms with Crippen LogP contribution in [-0.2, 0) is 6.42 Å². The van der Waals surface area contributed by atoms with Gasteiger partial charge in [-0.05, 0) is 31.2 Å². The molecule has 1 aromatic heterocycles. The molecule has 2 rings (SSSR count). The van der Waals surface area contributed by atoms with Gasteiger partial charge in [0.1, 0.15) is 5.76 Å². The van der Waals surface area contributed by atoms with Gasteiger partial charge < -0.3 is 10.2 Å². The minimum atomic E-state index is -2.49. The van der Waals surface area contributed by atoms with Crippen molar-refractivity contribution in [3.8, 4) is 0 Å². The first-order chi connectivity index (χ1) is 8.52. The van der Waals surface area contributed by atoms with Crippen molar-refractivity contribution in [1.29, 1.82) is 0 Å². The van der Waals surface area contributed by atoms with Gasteiger partial charge in [0.25, 0.3) is 0 Å². The molecule has 0 saturated heterocycles. The highest BCUT2D eigenvalue weighted by atomic mass is 19.3. The molecule has 4 heteroatoms. The van der Waals surface area contributed by atoms with Crippen molar-refractivity contribution in [3.63, 3.8) is 0 Å². The Kier molecular flexibility index (Phi) is 4.05. The molecule has 0 bridgehead atoms. The summed E-state index contributed by atoms with van der Waals surface area (Å²) in [7, 11) is 0. The summed E-state index contributed by atoms with van der Waals surface area (Å²) in [5, 5.41) is 0. The first kappa shape index (κ1) is 13.5. The number of aryl methyl sites for hydroxylation is 1. The van der Waals surface area contributed by atoms with Crippen molar-refractivity contribution in [2.24, 2.45) is 11.7 Å². The first-order valence-electron chi connectivity index (χ1n) is 6.71. The summed E-state index contributed by atoms with van der Waals surface area (Å²) in [6, 6.07) is 1.68. The largest absolute Gasteiger partial charge is 0.469 e. The van der Waals surface area contributed by atoms with Gasteiger partial charge >= 0.3 is 0 Å². The number of alkyl halides is 2. The molecule has 1 saturated carbocycles. The molecule has 102 valence electrons. The molecule has 0 spiro atoms. The highest BCUT2D eigenvalue weighted by Crippen LogP contribution is 2.40. The van der Waals surface area contributed by atoms with Crippen molar-refractivity contribution in [2.45, 2.75) is 57.4 Å². The van der Waals surface area contributed by atoms with Gasteiger partial charge in [-0.3, -0.25) is 0 Å². The number of hydrogen-bond acceptors (Lipinski definition) is 2. The van der Waals surface area contributed by atoms with E-state index in [1.165, 1.54) is 0 Å². The summed E-state index contributed by atoms with van der Waals surface area (Å²) < 4.78 is 32.0. The zero-order valence-corrected chi connectivity index (χ0v) is 10.8. The molecule has 2 atom stereocenters. The molecule has 1 fully saturated rings. The minimum absolute atomic E-state index is 0.0139. The number of nitrogens with two attached hydrogens (primary N) is 1. The third-order valence-corrected chi connectivity index (χ3v) is 3.83. The summed E-state index contributed by atoms with van der Waals surface area (Å²) in [6.07, 6.45) is 4.53. The number of rotatable bonds is 4. The Balaban J connectivity index is 1.97. The van der Waals surface area contributed by atoms with E-state index in [0.717, 1.165) is 24.2 Å². The first-order valence-corrected chi connectivity index (χ1v) is 6.71. The second-order valence-electron chi connectivity index (χ2n) is 5.31. The standard InChI is InChI=1S/C14H21F2NO/c1-2-13-11(5-7-18-13)12(17)8-10-4-3-6-14(15,16)9-10/h5,7,10,12H,2-4,6,8-9,17H2,1H3. The van der Waals surface area contributed by atoms with Gasteiger partial charge in [-0.1, -0.05) is 6.92 Å². The summed E-state index contributed by atoms with van der Waals surface area (Å²) in [5.41, 5.74) is 7.11. The smallest absolute Gasteiger partial charge is 0.248 e. The lowest BCUT2D eigenvalue weighted by Crippen LogP contribution is -2.28. The van der Waals surface area contributed by atoms with E-state index < -0.39 is 5.92 Å². The van der Waals surface area contributed by atoms with Crippen LogP contribution in [0.1, 0.15) is 56.4 Å². The summed E-state index contributed by atoms with van der Waals surface area (Å²) in [5.74, 6) is -1.58. The van der Waals surface area contributed by atoms with E-state index in [4.69, 9.17) is 10.2 Å². The van der Waals surface area contributed by atoms with Gasteiger partial charge in [0, 0.05) is 30.9 Å². The van der Waals surface area contributed by atoms with Crippen molar-refractivity contribution in [1.82, 2.24) is 0 Å². The molecular weight excluding hydrogens is 236 g/mol. The van der Waals surface area contributed by atoms with E-state index in [-0.39, 0.29) is 24.8 Å². The monoisotopic (exact) mass is 257 g/mol. The molecule has 0 aromatic carbocycles. The average molecular weight is 257 g/mol. The van der Waals surface area contributed by atoms with Gasteiger partial charge in [-0.25, -0.2) is 8.78 Å². The molecule has 2 N–H and O–H groups in total. The van der Waals surface area contributed by atoms with Crippen LogP contribution in [0, 0.1) is 5.92 Å². The van der Waals surface area contributed by atoms with Crippen LogP contribution in [0.25, 0.3) is 0 Å². The maximum absolute atomic E-state index is 13.3. The van der Waals surface area contributed by atoms with Gasteiger partial charge in [0.15, 0.2) is 0 Å². The van der Waals surface area contributed by atoms with Crippen LogP contribution in [0.3, 0.4) is 0 Å². The lowest BCUT2D eigenvalue weighted by atomic mass is 9.81. The maximum Gasteiger partial charge on any atom is 0.248 e. The van der Waals surface area contributed by atoms with Crippen molar-refractivity contribution < 1.29 is 13.2 Å². The molecule has 0 aliphatic heterocycles. The zero-order chi connectivity index (χ0) is 13.2. The molecule has 2 nitrogen and oxygen atoms in total. The topological polar surface area (TPSA) is 39.2 Å². The number of furan rings is 1. The van der Waals surface area contributed by atoms with Crippen LogP contribution >= 0.6 is 0 Å². The zero-order valence-electron chi connectivity index (χ0n) is 10.8. The van der Waals surface area contributed by atoms with Crippen LogP contribution < -0.4 is 5.73 Å².